The lowest BCUT2D eigenvalue weighted by atomic mass is 10.2. The number of rotatable bonds is 6. The average molecular weight is 343 g/mol. The number of ether oxygens (including phenoxy) is 2. The molecule has 130 valence electrons. The Morgan fingerprint density at radius 3 is 2.52 bits per heavy atom. The first-order chi connectivity index (χ1) is 12.1. The monoisotopic (exact) mass is 343 g/mol. The molecule has 0 N–H and O–H groups in total. The van der Waals surface area contributed by atoms with Crippen LogP contribution in [-0.4, -0.2) is 31.4 Å². The smallest absolute Gasteiger partial charge is 0.246 e. The third-order valence-electron chi connectivity index (χ3n) is 3.76. The highest BCUT2D eigenvalue weighted by molar-refractivity contribution is 5.65. The number of benzene rings is 2. The van der Waals surface area contributed by atoms with Crippen LogP contribution in [0.5, 0.6) is 11.5 Å². The molecule has 25 heavy (non-hydrogen) atoms. The fourth-order valence-corrected chi connectivity index (χ4v) is 2.40. The molecule has 0 spiro atoms. The van der Waals surface area contributed by atoms with Crippen LogP contribution in [0.1, 0.15) is 5.89 Å². The predicted molar refractivity (Wildman–Crippen MR) is 91.3 cm³/mol. The van der Waals surface area contributed by atoms with E-state index in [9.17, 15) is 4.39 Å². The molecular weight excluding hydrogens is 325 g/mol. The number of hydrogen-bond acceptors (Lipinski definition) is 6. The van der Waals surface area contributed by atoms with Gasteiger partial charge in [0.15, 0.2) is 0 Å². The highest BCUT2D eigenvalue weighted by Gasteiger charge is 2.15. The van der Waals surface area contributed by atoms with Crippen LogP contribution >= 0.6 is 0 Å². The van der Waals surface area contributed by atoms with Crippen molar-refractivity contribution in [3.05, 3.63) is 54.2 Å². The van der Waals surface area contributed by atoms with Gasteiger partial charge in [0.25, 0.3) is 0 Å². The number of anilines is 1. The lowest BCUT2D eigenvalue weighted by Crippen LogP contribution is -2.16. The molecule has 0 amide bonds. The summed E-state index contributed by atoms with van der Waals surface area (Å²) in [5.74, 6) is 1.88. The van der Waals surface area contributed by atoms with E-state index < -0.39 is 0 Å². The second kappa shape index (κ2) is 7.21. The molecular formula is C18H18FN3O3. The predicted octanol–water partition coefficient (Wildman–Crippen LogP) is 3.53. The van der Waals surface area contributed by atoms with E-state index in [0.29, 0.717) is 35.3 Å². The van der Waals surface area contributed by atoms with Gasteiger partial charge < -0.3 is 18.9 Å². The summed E-state index contributed by atoms with van der Waals surface area (Å²) in [5, 5.41) is 4.02. The minimum Gasteiger partial charge on any atom is -0.497 e. The zero-order valence-electron chi connectivity index (χ0n) is 14.2. The normalized spacial score (nSPS) is 10.6. The van der Waals surface area contributed by atoms with Crippen molar-refractivity contribution in [3.63, 3.8) is 0 Å². The molecule has 0 unspecified atom stereocenters. The Bertz CT molecular complexity index is 849. The molecule has 1 aromatic heterocycles. The van der Waals surface area contributed by atoms with Crippen LogP contribution in [-0.2, 0) is 6.54 Å². The van der Waals surface area contributed by atoms with E-state index in [4.69, 9.17) is 14.0 Å². The SMILES string of the molecule is COc1ccc(-c2noc(CN(C)c3ccc(F)cc3)n2)c(OC)c1. The van der Waals surface area contributed by atoms with Crippen LogP contribution in [0, 0.1) is 5.82 Å². The fraction of sp³-hybridized carbons (Fsp3) is 0.222. The molecule has 0 saturated carbocycles. The van der Waals surface area contributed by atoms with Gasteiger partial charge in [-0.25, -0.2) is 4.39 Å². The Hall–Kier alpha value is -3.09. The van der Waals surface area contributed by atoms with Crippen molar-refractivity contribution in [1.82, 2.24) is 10.1 Å². The van der Waals surface area contributed by atoms with E-state index in [1.807, 2.05) is 18.0 Å². The first kappa shape index (κ1) is 16.8. The highest BCUT2D eigenvalue weighted by Crippen LogP contribution is 2.31. The van der Waals surface area contributed by atoms with Crippen molar-refractivity contribution in [3.8, 4) is 22.9 Å². The Balaban J connectivity index is 1.79. The fourth-order valence-electron chi connectivity index (χ4n) is 2.40. The Morgan fingerprint density at radius 2 is 1.84 bits per heavy atom. The lowest BCUT2D eigenvalue weighted by molar-refractivity contribution is 0.377. The molecule has 0 aliphatic heterocycles. The molecule has 3 aromatic rings. The number of hydrogen-bond donors (Lipinski definition) is 0. The maximum atomic E-state index is 13.0. The van der Waals surface area contributed by atoms with E-state index in [0.717, 1.165) is 5.69 Å². The highest BCUT2D eigenvalue weighted by atomic mass is 19.1. The van der Waals surface area contributed by atoms with E-state index in [2.05, 4.69) is 10.1 Å². The van der Waals surface area contributed by atoms with Gasteiger partial charge in [0.2, 0.25) is 11.7 Å². The summed E-state index contributed by atoms with van der Waals surface area (Å²) in [5.41, 5.74) is 1.56. The molecule has 7 heteroatoms. The molecule has 0 aliphatic carbocycles. The van der Waals surface area contributed by atoms with Crippen LogP contribution in [0.15, 0.2) is 47.0 Å². The summed E-state index contributed by atoms with van der Waals surface area (Å²) in [6.07, 6.45) is 0. The molecule has 2 aromatic carbocycles. The van der Waals surface area contributed by atoms with Crippen LogP contribution in [0.3, 0.4) is 0 Å². The maximum Gasteiger partial charge on any atom is 0.246 e. The third-order valence-corrected chi connectivity index (χ3v) is 3.76. The molecule has 0 radical (unpaired) electrons. The topological polar surface area (TPSA) is 60.6 Å². The number of aromatic nitrogens is 2. The Labute approximate surface area is 144 Å². The van der Waals surface area contributed by atoms with Crippen molar-refractivity contribution in [2.24, 2.45) is 0 Å². The average Bonchev–Trinajstić information content (AvgIpc) is 3.09. The van der Waals surface area contributed by atoms with Crippen LogP contribution in [0.25, 0.3) is 11.4 Å². The molecule has 0 fully saturated rings. The van der Waals surface area contributed by atoms with Gasteiger partial charge in [-0.05, 0) is 36.4 Å². The summed E-state index contributed by atoms with van der Waals surface area (Å²) in [4.78, 5) is 6.30. The van der Waals surface area contributed by atoms with Gasteiger partial charge in [-0.3, -0.25) is 0 Å². The zero-order chi connectivity index (χ0) is 17.8. The standard InChI is InChI=1S/C18H18FN3O3/c1-22(13-6-4-12(19)5-7-13)11-17-20-18(21-25-17)15-9-8-14(23-2)10-16(15)24-3/h4-10H,11H2,1-3H3. The minimum atomic E-state index is -0.274. The van der Waals surface area contributed by atoms with Gasteiger partial charge >= 0.3 is 0 Å². The van der Waals surface area contributed by atoms with Crippen molar-refractivity contribution in [1.29, 1.82) is 0 Å². The third kappa shape index (κ3) is 3.71. The van der Waals surface area contributed by atoms with Crippen molar-refractivity contribution < 1.29 is 18.4 Å². The Kier molecular flexibility index (Phi) is 4.83. The lowest BCUT2D eigenvalue weighted by Gasteiger charge is -2.16. The summed E-state index contributed by atoms with van der Waals surface area (Å²) < 4.78 is 28.9. The molecule has 0 atom stereocenters. The van der Waals surface area contributed by atoms with Gasteiger partial charge in [0.05, 0.1) is 26.3 Å². The van der Waals surface area contributed by atoms with Gasteiger partial charge in [0.1, 0.15) is 17.3 Å². The van der Waals surface area contributed by atoms with E-state index >= 15 is 0 Å². The van der Waals surface area contributed by atoms with E-state index in [1.54, 1.807) is 38.5 Å². The van der Waals surface area contributed by atoms with Crippen molar-refractivity contribution >= 4 is 5.69 Å². The van der Waals surface area contributed by atoms with Crippen LogP contribution in [0.4, 0.5) is 10.1 Å². The maximum absolute atomic E-state index is 13.0. The van der Waals surface area contributed by atoms with Crippen molar-refractivity contribution in [2.45, 2.75) is 6.54 Å². The van der Waals surface area contributed by atoms with Gasteiger partial charge in [-0.1, -0.05) is 5.16 Å². The summed E-state index contributed by atoms with van der Waals surface area (Å²) in [6, 6.07) is 11.6. The quantitative estimate of drug-likeness (QED) is 0.682. The molecule has 3 rings (SSSR count). The summed E-state index contributed by atoms with van der Waals surface area (Å²) in [6.45, 7) is 0.400. The summed E-state index contributed by atoms with van der Waals surface area (Å²) >= 11 is 0. The molecule has 1 heterocycles. The van der Waals surface area contributed by atoms with Crippen LogP contribution < -0.4 is 14.4 Å². The number of methoxy groups -OCH3 is 2. The number of halogens is 1. The van der Waals surface area contributed by atoms with Crippen LogP contribution in [0.2, 0.25) is 0 Å². The van der Waals surface area contributed by atoms with Gasteiger partial charge in [-0.2, -0.15) is 4.98 Å². The van der Waals surface area contributed by atoms with Crippen molar-refractivity contribution in [2.75, 3.05) is 26.2 Å². The van der Waals surface area contributed by atoms with Gasteiger partial charge in [-0.15, -0.1) is 0 Å². The molecule has 6 nitrogen and oxygen atoms in total. The zero-order valence-corrected chi connectivity index (χ0v) is 14.2. The second-order valence-electron chi connectivity index (χ2n) is 5.41. The minimum absolute atomic E-state index is 0.274. The molecule has 0 aliphatic rings. The number of nitrogens with zero attached hydrogens (tertiary/aromatic N) is 3. The first-order valence-corrected chi connectivity index (χ1v) is 7.62. The Morgan fingerprint density at radius 1 is 1.08 bits per heavy atom. The summed E-state index contributed by atoms with van der Waals surface area (Å²) in [7, 11) is 5.03. The molecule has 0 bridgehead atoms. The van der Waals surface area contributed by atoms with E-state index in [-0.39, 0.29) is 5.82 Å². The van der Waals surface area contributed by atoms with E-state index in [1.165, 1.54) is 12.1 Å². The van der Waals surface area contributed by atoms with Gasteiger partial charge in [0, 0.05) is 18.8 Å². The largest absolute Gasteiger partial charge is 0.497 e. The first-order valence-electron chi connectivity index (χ1n) is 7.62. The second-order valence-corrected chi connectivity index (χ2v) is 5.41. The molecule has 0 saturated heterocycles.